The first-order valence-electron chi connectivity index (χ1n) is 9.80. The minimum absolute atomic E-state index is 0.0251. The Morgan fingerprint density at radius 2 is 1.81 bits per heavy atom. The van der Waals surface area contributed by atoms with Gasteiger partial charge in [0, 0.05) is 30.4 Å². The van der Waals surface area contributed by atoms with Crippen molar-refractivity contribution in [2.45, 2.75) is 37.6 Å². The van der Waals surface area contributed by atoms with Crippen molar-refractivity contribution in [2.24, 2.45) is 0 Å². The molecule has 1 aliphatic heterocycles. The molecule has 1 amide bonds. The highest BCUT2D eigenvalue weighted by molar-refractivity contribution is 7.89. The number of benzene rings is 2. The molecule has 0 radical (unpaired) electrons. The van der Waals surface area contributed by atoms with Crippen LogP contribution in [0, 0.1) is 0 Å². The first-order valence-corrected chi connectivity index (χ1v) is 11.2. The molecule has 2 aromatic carbocycles. The largest absolute Gasteiger partial charge is 0.493 e. The van der Waals surface area contributed by atoms with E-state index in [1.165, 1.54) is 53.9 Å². The number of hydrogen-bond donors (Lipinski definition) is 1. The minimum Gasteiger partial charge on any atom is -0.493 e. The molecule has 8 nitrogen and oxygen atoms in total. The summed E-state index contributed by atoms with van der Waals surface area (Å²) in [6.45, 7) is 0.942. The van der Waals surface area contributed by atoms with Crippen molar-refractivity contribution in [3.63, 3.8) is 0 Å². The summed E-state index contributed by atoms with van der Waals surface area (Å²) in [5, 5.41) is 2.55. The second-order valence-electron chi connectivity index (χ2n) is 7.31. The molecular formula is C21H24F2N2O6S. The second-order valence-corrected chi connectivity index (χ2v) is 9.24. The molecule has 1 aliphatic rings. The van der Waals surface area contributed by atoms with E-state index >= 15 is 0 Å². The summed E-state index contributed by atoms with van der Waals surface area (Å²) in [6, 6.07) is 9.63. The number of nitrogens with zero attached hydrogens (tertiary/aromatic N) is 1. The zero-order valence-electron chi connectivity index (χ0n) is 17.7. The predicted octanol–water partition coefficient (Wildman–Crippen LogP) is 3.35. The van der Waals surface area contributed by atoms with Gasteiger partial charge < -0.3 is 19.5 Å². The molecule has 1 N–H and O–H groups in total. The maximum atomic E-state index is 13.1. The number of carbonyl (C=O) groups is 1. The van der Waals surface area contributed by atoms with Crippen LogP contribution in [0.5, 0.6) is 11.5 Å². The van der Waals surface area contributed by atoms with Gasteiger partial charge in [-0.05, 0) is 44.2 Å². The van der Waals surface area contributed by atoms with Crippen molar-refractivity contribution < 1.29 is 36.2 Å². The molecular weight excluding hydrogens is 446 g/mol. The summed E-state index contributed by atoms with van der Waals surface area (Å²) < 4.78 is 67.7. The smallest absolute Gasteiger partial charge is 0.387 e. The highest BCUT2D eigenvalue weighted by atomic mass is 32.2. The van der Waals surface area contributed by atoms with Gasteiger partial charge in [-0.1, -0.05) is 6.07 Å². The predicted molar refractivity (Wildman–Crippen MR) is 113 cm³/mol. The number of anilines is 1. The second kappa shape index (κ2) is 9.80. The van der Waals surface area contributed by atoms with Gasteiger partial charge in [-0.3, -0.25) is 4.79 Å². The van der Waals surface area contributed by atoms with Crippen LogP contribution >= 0.6 is 0 Å². The van der Waals surface area contributed by atoms with E-state index in [0.29, 0.717) is 0 Å². The molecule has 2 aromatic rings. The van der Waals surface area contributed by atoms with Crippen LogP contribution in [0.1, 0.15) is 24.2 Å². The molecule has 11 heteroatoms. The van der Waals surface area contributed by atoms with Gasteiger partial charge in [0.05, 0.1) is 24.2 Å². The SMILES string of the molecule is COc1ccc(NC(=O)c2cccc(S(=O)(=O)N3CC(C)OC(C)C3)c2)cc1OC(F)F. The van der Waals surface area contributed by atoms with Crippen molar-refractivity contribution in [1.82, 2.24) is 4.31 Å². The molecule has 0 bridgehead atoms. The fraction of sp³-hybridized carbons (Fsp3) is 0.381. The summed E-state index contributed by atoms with van der Waals surface area (Å²) in [5.41, 5.74) is 0.267. The fourth-order valence-electron chi connectivity index (χ4n) is 3.42. The number of carbonyl (C=O) groups excluding carboxylic acids is 1. The van der Waals surface area contributed by atoms with Crippen LogP contribution in [-0.4, -0.2) is 57.6 Å². The lowest BCUT2D eigenvalue weighted by Gasteiger charge is -2.34. The minimum atomic E-state index is -3.83. The molecule has 0 aliphatic carbocycles. The number of sulfonamides is 1. The van der Waals surface area contributed by atoms with Crippen molar-refractivity contribution >= 4 is 21.6 Å². The van der Waals surface area contributed by atoms with E-state index < -0.39 is 22.5 Å². The van der Waals surface area contributed by atoms with Gasteiger partial charge >= 0.3 is 6.61 Å². The first-order chi connectivity index (χ1) is 15.1. The molecule has 1 heterocycles. The zero-order valence-corrected chi connectivity index (χ0v) is 18.6. The molecule has 32 heavy (non-hydrogen) atoms. The Balaban J connectivity index is 1.81. The van der Waals surface area contributed by atoms with Gasteiger partial charge in [0.15, 0.2) is 11.5 Å². The van der Waals surface area contributed by atoms with Gasteiger partial charge in [0.2, 0.25) is 10.0 Å². The van der Waals surface area contributed by atoms with Crippen LogP contribution in [0.2, 0.25) is 0 Å². The topological polar surface area (TPSA) is 94.2 Å². The molecule has 0 spiro atoms. The molecule has 0 aromatic heterocycles. The van der Waals surface area contributed by atoms with E-state index in [9.17, 15) is 22.0 Å². The lowest BCUT2D eigenvalue weighted by molar-refractivity contribution is -0.0511. The average Bonchev–Trinajstić information content (AvgIpc) is 2.73. The number of halogens is 2. The van der Waals surface area contributed by atoms with Gasteiger partial charge in [-0.15, -0.1) is 0 Å². The average molecular weight is 470 g/mol. The van der Waals surface area contributed by atoms with E-state index in [0.717, 1.165) is 0 Å². The number of alkyl halides is 2. The molecule has 0 saturated carbocycles. The third-order valence-electron chi connectivity index (χ3n) is 4.76. The van der Waals surface area contributed by atoms with Crippen LogP contribution in [-0.2, 0) is 14.8 Å². The third-order valence-corrected chi connectivity index (χ3v) is 6.59. The Hall–Kier alpha value is -2.76. The van der Waals surface area contributed by atoms with Crippen molar-refractivity contribution in [3.8, 4) is 11.5 Å². The number of methoxy groups -OCH3 is 1. The number of nitrogens with one attached hydrogen (secondary N) is 1. The van der Waals surface area contributed by atoms with Crippen LogP contribution in [0.4, 0.5) is 14.5 Å². The third kappa shape index (κ3) is 5.53. The number of amides is 1. The number of hydrogen-bond acceptors (Lipinski definition) is 6. The fourth-order valence-corrected chi connectivity index (χ4v) is 5.06. The van der Waals surface area contributed by atoms with E-state index in [4.69, 9.17) is 9.47 Å². The highest BCUT2D eigenvalue weighted by Gasteiger charge is 2.32. The Morgan fingerprint density at radius 3 is 2.44 bits per heavy atom. The normalized spacial score (nSPS) is 19.6. The van der Waals surface area contributed by atoms with Gasteiger partial charge in [-0.2, -0.15) is 13.1 Å². The van der Waals surface area contributed by atoms with Crippen LogP contribution in [0.3, 0.4) is 0 Å². The van der Waals surface area contributed by atoms with Gasteiger partial charge in [0.25, 0.3) is 5.91 Å². The number of morpholine rings is 1. The molecule has 2 atom stereocenters. The molecule has 2 unspecified atom stereocenters. The molecule has 1 fully saturated rings. The van der Waals surface area contributed by atoms with Gasteiger partial charge in [-0.25, -0.2) is 8.42 Å². The molecule has 1 saturated heterocycles. The Morgan fingerprint density at radius 1 is 1.12 bits per heavy atom. The maximum Gasteiger partial charge on any atom is 0.387 e. The quantitative estimate of drug-likeness (QED) is 0.667. The molecule has 3 rings (SSSR count). The lowest BCUT2D eigenvalue weighted by Crippen LogP contribution is -2.48. The van der Waals surface area contributed by atoms with Gasteiger partial charge in [0.1, 0.15) is 0 Å². The van der Waals surface area contributed by atoms with E-state index in [1.807, 2.05) is 0 Å². The van der Waals surface area contributed by atoms with Crippen LogP contribution < -0.4 is 14.8 Å². The maximum absolute atomic E-state index is 13.1. The van der Waals surface area contributed by atoms with Crippen molar-refractivity contribution in [2.75, 3.05) is 25.5 Å². The van der Waals surface area contributed by atoms with Crippen LogP contribution in [0.25, 0.3) is 0 Å². The Bertz CT molecular complexity index is 1070. The van der Waals surface area contributed by atoms with E-state index in [-0.39, 0.29) is 52.9 Å². The molecule has 174 valence electrons. The Kier molecular flexibility index (Phi) is 7.32. The van der Waals surface area contributed by atoms with Crippen molar-refractivity contribution in [1.29, 1.82) is 0 Å². The monoisotopic (exact) mass is 470 g/mol. The first kappa shape index (κ1) is 23.9. The summed E-state index contributed by atoms with van der Waals surface area (Å²) in [7, 11) is -2.53. The summed E-state index contributed by atoms with van der Waals surface area (Å²) in [4.78, 5) is 12.7. The summed E-state index contributed by atoms with van der Waals surface area (Å²) in [5.74, 6) is -0.781. The highest BCUT2D eigenvalue weighted by Crippen LogP contribution is 2.31. The summed E-state index contributed by atoms with van der Waals surface area (Å²) >= 11 is 0. The number of ether oxygens (including phenoxy) is 3. The standard InChI is InChI=1S/C21H24F2N2O6S/c1-13-11-25(12-14(2)30-13)32(27,28)17-6-4-5-15(9-17)20(26)24-16-7-8-18(29-3)19(10-16)31-21(22)23/h4-10,13-14,21H,11-12H2,1-3H3,(H,24,26). The summed E-state index contributed by atoms with van der Waals surface area (Å²) in [6.07, 6.45) is -0.500. The van der Waals surface area contributed by atoms with E-state index in [2.05, 4.69) is 10.1 Å². The Labute approximate surface area is 185 Å². The number of rotatable bonds is 7. The zero-order chi connectivity index (χ0) is 23.5. The lowest BCUT2D eigenvalue weighted by atomic mass is 10.2. The van der Waals surface area contributed by atoms with Crippen molar-refractivity contribution in [3.05, 3.63) is 48.0 Å². The van der Waals surface area contributed by atoms with E-state index in [1.54, 1.807) is 13.8 Å². The van der Waals surface area contributed by atoms with Crippen LogP contribution in [0.15, 0.2) is 47.4 Å².